The zero-order valence-electron chi connectivity index (χ0n) is 16.6. The van der Waals surface area contributed by atoms with E-state index in [1.165, 1.54) is 35.2 Å². The molecule has 0 aromatic heterocycles. The first kappa shape index (κ1) is 18.7. The van der Waals surface area contributed by atoms with Gasteiger partial charge in [-0.05, 0) is 54.6 Å². The van der Waals surface area contributed by atoms with E-state index in [-0.39, 0.29) is 0 Å². The first-order valence-electron chi connectivity index (χ1n) is 10.1. The fraction of sp³-hybridized carbons (Fsp3) is 0.391. The van der Waals surface area contributed by atoms with Crippen LogP contribution in [-0.2, 0) is 0 Å². The van der Waals surface area contributed by atoms with Crippen LogP contribution in [0.15, 0.2) is 47.6 Å². The number of benzene rings is 2. The van der Waals surface area contributed by atoms with Crippen LogP contribution < -0.4 is 11.2 Å². The lowest BCUT2D eigenvalue weighted by Crippen LogP contribution is -2.38. The Hall–Kier alpha value is -2.66. The number of carbonyl (C=O) groups is 1. The van der Waals surface area contributed by atoms with Crippen molar-refractivity contribution < 1.29 is 4.79 Å². The molecule has 2 aromatic carbocycles. The Labute approximate surface area is 166 Å². The van der Waals surface area contributed by atoms with Gasteiger partial charge in [-0.2, -0.15) is 5.10 Å². The van der Waals surface area contributed by atoms with Gasteiger partial charge in [0.2, 0.25) is 0 Å². The van der Waals surface area contributed by atoms with Crippen molar-refractivity contribution >= 4 is 12.2 Å². The van der Waals surface area contributed by atoms with E-state index in [4.69, 9.17) is 5.73 Å². The number of likely N-dealkylation sites (N-methyl/N-ethyl adjacent to an activating group) is 1. The van der Waals surface area contributed by atoms with Crippen molar-refractivity contribution in [2.24, 2.45) is 16.8 Å². The van der Waals surface area contributed by atoms with Crippen LogP contribution in [0.3, 0.4) is 0 Å². The lowest BCUT2D eigenvalue weighted by atomic mass is 9.78. The maximum absolute atomic E-state index is 10.7. The van der Waals surface area contributed by atoms with Gasteiger partial charge in [0.1, 0.15) is 0 Å². The highest BCUT2D eigenvalue weighted by Gasteiger charge is 2.43. The number of amides is 2. The van der Waals surface area contributed by atoms with E-state index in [2.05, 4.69) is 71.7 Å². The van der Waals surface area contributed by atoms with Gasteiger partial charge in [-0.3, -0.25) is 0 Å². The number of nitrogens with one attached hydrogen (secondary N) is 1. The highest BCUT2D eigenvalue weighted by molar-refractivity contribution is 5.81. The first-order valence-corrected chi connectivity index (χ1v) is 10.1. The van der Waals surface area contributed by atoms with Crippen LogP contribution >= 0.6 is 0 Å². The summed E-state index contributed by atoms with van der Waals surface area (Å²) in [6.07, 6.45) is 2.85. The monoisotopic (exact) mass is 376 g/mol. The molecule has 0 bridgehead atoms. The second-order valence-electron chi connectivity index (χ2n) is 7.96. The van der Waals surface area contributed by atoms with Crippen LogP contribution in [0, 0.1) is 12.8 Å². The van der Waals surface area contributed by atoms with Crippen LogP contribution in [-0.4, -0.2) is 36.8 Å². The fourth-order valence-corrected chi connectivity index (χ4v) is 4.97. The third kappa shape index (κ3) is 3.54. The Balaban J connectivity index is 1.64. The van der Waals surface area contributed by atoms with Gasteiger partial charge in [-0.1, -0.05) is 55.0 Å². The molecule has 1 aliphatic heterocycles. The minimum absolute atomic E-state index is 0.452. The molecular weight excluding hydrogens is 348 g/mol. The van der Waals surface area contributed by atoms with E-state index in [1.54, 1.807) is 6.21 Å². The zero-order chi connectivity index (χ0) is 19.7. The summed E-state index contributed by atoms with van der Waals surface area (Å²) in [4.78, 5) is 13.3. The number of aryl methyl sites for hydroxylation is 1. The van der Waals surface area contributed by atoms with E-state index in [0.717, 1.165) is 18.7 Å². The van der Waals surface area contributed by atoms with Crippen molar-refractivity contribution in [3.8, 4) is 0 Å². The third-order valence-corrected chi connectivity index (χ3v) is 6.29. The van der Waals surface area contributed by atoms with Crippen LogP contribution in [0.25, 0.3) is 0 Å². The molecule has 1 aliphatic carbocycles. The number of hydrogen-bond donors (Lipinski definition) is 2. The van der Waals surface area contributed by atoms with E-state index in [9.17, 15) is 4.79 Å². The Morgan fingerprint density at radius 2 is 2.04 bits per heavy atom. The third-order valence-electron chi connectivity index (χ3n) is 6.29. The lowest BCUT2D eigenvalue weighted by Gasteiger charge is -2.37. The minimum atomic E-state index is -0.657. The van der Waals surface area contributed by atoms with Crippen molar-refractivity contribution in [2.45, 2.75) is 32.1 Å². The number of urea groups is 1. The molecule has 2 aromatic rings. The zero-order valence-corrected chi connectivity index (χ0v) is 16.6. The number of nitrogens with two attached hydrogens (primary N) is 1. The molecule has 4 rings (SSSR count). The van der Waals surface area contributed by atoms with Gasteiger partial charge in [-0.15, -0.1) is 0 Å². The summed E-state index contributed by atoms with van der Waals surface area (Å²) in [5.74, 6) is 1.74. The molecule has 0 spiro atoms. The number of rotatable bonds is 4. The second-order valence-corrected chi connectivity index (χ2v) is 7.96. The molecule has 2 amide bonds. The van der Waals surface area contributed by atoms with Crippen molar-refractivity contribution in [2.75, 3.05) is 19.6 Å². The summed E-state index contributed by atoms with van der Waals surface area (Å²) in [6, 6.07) is 14.9. The Morgan fingerprint density at radius 1 is 1.25 bits per heavy atom. The summed E-state index contributed by atoms with van der Waals surface area (Å²) in [6.45, 7) is 7.92. The van der Waals surface area contributed by atoms with Gasteiger partial charge >= 0.3 is 6.03 Å². The summed E-state index contributed by atoms with van der Waals surface area (Å²) < 4.78 is 0. The van der Waals surface area contributed by atoms with Gasteiger partial charge < -0.3 is 10.6 Å². The van der Waals surface area contributed by atoms with Crippen molar-refractivity contribution in [1.29, 1.82) is 0 Å². The molecule has 146 valence electrons. The van der Waals surface area contributed by atoms with Gasteiger partial charge in [0.05, 0.1) is 6.21 Å². The minimum Gasteiger partial charge on any atom is -0.350 e. The normalized spacial score (nSPS) is 24.1. The molecule has 0 unspecified atom stereocenters. The number of hydrogen-bond acceptors (Lipinski definition) is 3. The number of hydrazone groups is 1. The van der Waals surface area contributed by atoms with E-state index in [0.29, 0.717) is 17.8 Å². The summed E-state index contributed by atoms with van der Waals surface area (Å²) in [7, 11) is 0. The van der Waals surface area contributed by atoms with Crippen LogP contribution in [0.2, 0.25) is 0 Å². The maximum Gasteiger partial charge on any atom is 0.332 e. The average Bonchev–Trinajstić information content (AvgIpc) is 3.00. The van der Waals surface area contributed by atoms with Crippen molar-refractivity contribution in [3.63, 3.8) is 0 Å². The number of likely N-dealkylation sites (tertiary alicyclic amines) is 1. The number of fused-ring (bicyclic) bond motifs is 3. The maximum atomic E-state index is 10.7. The van der Waals surface area contributed by atoms with Gasteiger partial charge in [0.15, 0.2) is 0 Å². The highest BCUT2D eigenvalue weighted by Crippen LogP contribution is 2.53. The predicted molar refractivity (Wildman–Crippen MR) is 113 cm³/mol. The molecule has 1 saturated heterocycles. The summed E-state index contributed by atoms with van der Waals surface area (Å²) in [5, 5.41) is 3.84. The van der Waals surface area contributed by atoms with E-state index in [1.807, 2.05) is 0 Å². The first-order chi connectivity index (χ1) is 13.6. The smallest absolute Gasteiger partial charge is 0.332 e. The molecular formula is C23H28N4O. The Bertz CT molecular complexity index is 890. The quantitative estimate of drug-likeness (QED) is 0.633. The number of primary amides is 1. The Morgan fingerprint density at radius 3 is 2.75 bits per heavy atom. The van der Waals surface area contributed by atoms with Crippen molar-refractivity contribution in [1.82, 2.24) is 10.3 Å². The molecule has 5 heteroatoms. The van der Waals surface area contributed by atoms with Gasteiger partial charge in [0, 0.05) is 18.4 Å². The summed E-state index contributed by atoms with van der Waals surface area (Å²) in [5.41, 5.74) is 13.9. The standard InChI is InChI=1S/C23H28N4O/c1-3-27-11-10-19-21(14-27)18-9-4-15(2)12-20(18)22(19)17-7-5-16(6-8-17)13-25-26-23(24)28/h4-9,12-13,19,21-22H,3,10-11,14H2,1-2H3,(H3,24,26,28)/b25-13+/t19-,21-,22+/m1/s1. The van der Waals surface area contributed by atoms with Crippen LogP contribution in [0.1, 0.15) is 53.0 Å². The molecule has 3 N–H and O–H groups in total. The molecule has 1 fully saturated rings. The molecule has 3 atom stereocenters. The lowest BCUT2D eigenvalue weighted by molar-refractivity contribution is 0.167. The fourth-order valence-electron chi connectivity index (χ4n) is 4.97. The number of carbonyl (C=O) groups excluding carboxylic acids is 1. The van der Waals surface area contributed by atoms with E-state index >= 15 is 0 Å². The largest absolute Gasteiger partial charge is 0.350 e. The molecule has 28 heavy (non-hydrogen) atoms. The number of piperidine rings is 1. The molecule has 2 aliphatic rings. The Kier molecular flexibility index (Phi) is 5.18. The van der Waals surface area contributed by atoms with Gasteiger partial charge in [0.25, 0.3) is 0 Å². The second kappa shape index (κ2) is 7.76. The van der Waals surface area contributed by atoms with Crippen LogP contribution in [0.4, 0.5) is 4.79 Å². The summed E-state index contributed by atoms with van der Waals surface area (Å²) >= 11 is 0. The number of nitrogens with zero attached hydrogens (tertiary/aromatic N) is 2. The van der Waals surface area contributed by atoms with Gasteiger partial charge in [-0.25, -0.2) is 10.2 Å². The molecule has 0 radical (unpaired) electrons. The molecule has 0 saturated carbocycles. The topological polar surface area (TPSA) is 70.7 Å². The van der Waals surface area contributed by atoms with Crippen molar-refractivity contribution in [3.05, 3.63) is 70.3 Å². The molecule has 5 nitrogen and oxygen atoms in total. The van der Waals surface area contributed by atoms with Crippen LogP contribution in [0.5, 0.6) is 0 Å². The van der Waals surface area contributed by atoms with E-state index < -0.39 is 6.03 Å². The average molecular weight is 377 g/mol. The SMILES string of the molecule is CCN1CC[C@H]2[C@H](c3ccc(/C=N/NC(N)=O)cc3)c3cc(C)ccc3[C@H]2C1. The molecule has 1 heterocycles. The predicted octanol–water partition coefficient (Wildman–Crippen LogP) is 3.57. The highest BCUT2D eigenvalue weighted by atomic mass is 16.2.